The Morgan fingerprint density at radius 2 is 2.21 bits per heavy atom. The number of hydrogen-bond donors (Lipinski definition) is 2. The highest BCUT2D eigenvalue weighted by Gasteiger charge is 2.20. The molecule has 0 saturated heterocycles. The summed E-state index contributed by atoms with van der Waals surface area (Å²) in [7, 11) is 0. The van der Waals surface area contributed by atoms with Gasteiger partial charge in [-0.25, -0.2) is 9.37 Å². The summed E-state index contributed by atoms with van der Waals surface area (Å²) in [6.07, 6.45) is 4.88. The Balaban J connectivity index is 0.00000208. The van der Waals surface area contributed by atoms with Gasteiger partial charge in [-0.3, -0.25) is 4.79 Å². The van der Waals surface area contributed by atoms with Gasteiger partial charge in [-0.15, -0.1) is 23.7 Å². The zero-order valence-corrected chi connectivity index (χ0v) is 15.1. The number of anilines is 1. The van der Waals surface area contributed by atoms with Crippen LogP contribution in [0.3, 0.4) is 0 Å². The van der Waals surface area contributed by atoms with Crippen molar-refractivity contribution in [2.45, 2.75) is 26.2 Å². The van der Waals surface area contributed by atoms with E-state index in [1.54, 1.807) is 25.3 Å². The van der Waals surface area contributed by atoms with Crippen molar-refractivity contribution in [1.82, 2.24) is 10.3 Å². The molecule has 0 unspecified atom stereocenters. The van der Waals surface area contributed by atoms with Crippen molar-refractivity contribution in [3.05, 3.63) is 46.2 Å². The second-order valence-corrected chi connectivity index (χ2v) is 7.13. The quantitative estimate of drug-likeness (QED) is 0.784. The Morgan fingerprint density at radius 3 is 2.92 bits per heavy atom. The van der Waals surface area contributed by atoms with Crippen molar-refractivity contribution < 1.29 is 9.18 Å². The van der Waals surface area contributed by atoms with E-state index in [0.717, 1.165) is 22.9 Å². The molecule has 0 spiro atoms. The summed E-state index contributed by atoms with van der Waals surface area (Å²) in [6.45, 7) is 2.97. The molecule has 24 heavy (non-hydrogen) atoms. The van der Waals surface area contributed by atoms with E-state index >= 15 is 0 Å². The second-order valence-electron chi connectivity index (χ2n) is 6.01. The minimum absolute atomic E-state index is 0. The molecule has 1 amide bonds. The molecule has 1 aliphatic rings. The number of thiazole rings is 1. The van der Waals surface area contributed by atoms with Crippen LogP contribution in [-0.2, 0) is 11.2 Å². The van der Waals surface area contributed by atoms with Gasteiger partial charge >= 0.3 is 0 Å². The number of carbonyl (C=O) groups excluding carboxylic acids is 1. The van der Waals surface area contributed by atoms with Crippen molar-refractivity contribution in [3.8, 4) is 0 Å². The van der Waals surface area contributed by atoms with Gasteiger partial charge in [0.15, 0.2) is 5.13 Å². The Hall–Kier alpha value is -1.50. The van der Waals surface area contributed by atoms with E-state index in [1.807, 2.05) is 6.07 Å². The Labute approximate surface area is 151 Å². The molecular formula is C17H21ClFN3OS. The highest BCUT2D eigenvalue weighted by atomic mass is 35.5. The van der Waals surface area contributed by atoms with Crippen LogP contribution in [-0.4, -0.2) is 24.0 Å². The SMILES string of the molecule is Cc1ccc(Cc2cnc(NC(=O)CNCC3CC3)s2)cc1F.Cl. The average molecular weight is 370 g/mol. The fourth-order valence-electron chi connectivity index (χ4n) is 2.27. The van der Waals surface area contributed by atoms with Gasteiger partial charge in [0.1, 0.15) is 5.82 Å². The highest BCUT2D eigenvalue weighted by Crippen LogP contribution is 2.27. The molecule has 2 N–H and O–H groups in total. The summed E-state index contributed by atoms with van der Waals surface area (Å²) in [5, 5.41) is 6.53. The monoisotopic (exact) mass is 369 g/mol. The number of halogens is 2. The number of aromatic nitrogens is 1. The second kappa shape index (κ2) is 8.55. The molecule has 2 aromatic rings. The van der Waals surface area contributed by atoms with Gasteiger partial charge in [-0.1, -0.05) is 12.1 Å². The lowest BCUT2D eigenvalue weighted by Crippen LogP contribution is -2.29. The summed E-state index contributed by atoms with van der Waals surface area (Å²) < 4.78 is 13.6. The highest BCUT2D eigenvalue weighted by molar-refractivity contribution is 7.15. The van der Waals surface area contributed by atoms with Crippen LogP contribution in [0.2, 0.25) is 0 Å². The maximum atomic E-state index is 13.6. The van der Waals surface area contributed by atoms with Gasteiger partial charge in [0, 0.05) is 17.5 Å². The topological polar surface area (TPSA) is 54.0 Å². The molecule has 1 aromatic heterocycles. The van der Waals surface area contributed by atoms with E-state index in [9.17, 15) is 9.18 Å². The molecule has 1 aromatic carbocycles. The van der Waals surface area contributed by atoms with Gasteiger partial charge in [0.05, 0.1) is 6.54 Å². The molecule has 7 heteroatoms. The van der Waals surface area contributed by atoms with Crippen LogP contribution < -0.4 is 10.6 Å². The van der Waals surface area contributed by atoms with E-state index in [2.05, 4.69) is 15.6 Å². The van der Waals surface area contributed by atoms with E-state index in [-0.39, 0.29) is 24.1 Å². The largest absolute Gasteiger partial charge is 0.308 e. The molecular weight excluding hydrogens is 349 g/mol. The van der Waals surface area contributed by atoms with Gasteiger partial charge in [0.2, 0.25) is 5.91 Å². The predicted molar refractivity (Wildman–Crippen MR) is 97.5 cm³/mol. The van der Waals surface area contributed by atoms with E-state index in [1.165, 1.54) is 24.2 Å². The molecule has 3 rings (SSSR count). The van der Waals surface area contributed by atoms with E-state index in [4.69, 9.17) is 0 Å². The number of amides is 1. The molecule has 1 fully saturated rings. The van der Waals surface area contributed by atoms with Gasteiger partial charge in [-0.2, -0.15) is 0 Å². The molecule has 130 valence electrons. The fourth-order valence-corrected chi connectivity index (χ4v) is 3.13. The molecule has 1 aliphatic carbocycles. The molecule has 0 radical (unpaired) electrons. The van der Waals surface area contributed by atoms with Crippen LogP contribution in [0.4, 0.5) is 9.52 Å². The third-order valence-electron chi connectivity index (χ3n) is 3.83. The molecule has 4 nitrogen and oxygen atoms in total. The molecule has 1 saturated carbocycles. The lowest BCUT2D eigenvalue weighted by Gasteiger charge is -2.03. The third-order valence-corrected chi connectivity index (χ3v) is 4.74. The number of rotatable bonds is 7. The standard InChI is InChI=1S/C17H20FN3OS.ClH/c1-11-2-3-13(7-15(11)18)6-14-9-20-17(23-14)21-16(22)10-19-8-12-4-5-12;/h2-3,7,9,12,19H,4-6,8,10H2,1H3,(H,20,21,22);1H. The fraction of sp³-hybridized carbons (Fsp3) is 0.412. The normalized spacial score (nSPS) is 13.4. The summed E-state index contributed by atoms with van der Waals surface area (Å²) in [4.78, 5) is 17.0. The molecule has 0 bridgehead atoms. The number of benzene rings is 1. The Morgan fingerprint density at radius 1 is 1.42 bits per heavy atom. The van der Waals surface area contributed by atoms with Crippen molar-refractivity contribution in [3.63, 3.8) is 0 Å². The van der Waals surface area contributed by atoms with E-state index < -0.39 is 0 Å². The zero-order chi connectivity index (χ0) is 16.2. The Bertz CT molecular complexity index is 703. The lowest BCUT2D eigenvalue weighted by molar-refractivity contribution is -0.115. The first-order valence-corrected chi connectivity index (χ1v) is 8.62. The molecule has 0 aliphatic heterocycles. The number of nitrogens with one attached hydrogen (secondary N) is 2. The lowest BCUT2D eigenvalue weighted by atomic mass is 10.1. The van der Waals surface area contributed by atoms with Crippen LogP contribution in [0.25, 0.3) is 0 Å². The molecule has 0 atom stereocenters. The summed E-state index contributed by atoms with van der Waals surface area (Å²) in [6, 6.07) is 5.24. The smallest absolute Gasteiger partial charge is 0.240 e. The first-order valence-electron chi connectivity index (χ1n) is 7.80. The maximum absolute atomic E-state index is 13.6. The molecule has 1 heterocycles. The van der Waals surface area contributed by atoms with Crippen molar-refractivity contribution in [1.29, 1.82) is 0 Å². The van der Waals surface area contributed by atoms with Crippen LogP contribution in [0.15, 0.2) is 24.4 Å². The van der Waals surface area contributed by atoms with Crippen LogP contribution >= 0.6 is 23.7 Å². The predicted octanol–water partition coefficient (Wildman–Crippen LogP) is 3.54. The average Bonchev–Trinajstić information content (AvgIpc) is 3.23. The van der Waals surface area contributed by atoms with Crippen molar-refractivity contribution in [2.75, 3.05) is 18.4 Å². The van der Waals surface area contributed by atoms with Crippen LogP contribution in [0, 0.1) is 18.7 Å². The van der Waals surface area contributed by atoms with Crippen molar-refractivity contribution in [2.24, 2.45) is 5.92 Å². The number of carbonyl (C=O) groups is 1. The van der Waals surface area contributed by atoms with Gasteiger partial charge in [-0.05, 0) is 49.4 Å². The minimum atomic E-state index is -0.192. The van der Waals surface area contributed by atoms with Crippen molar-refractivity contribution >= 4 is 34.8 Å². The number of nitrogens with zero attached hydrogens (tertiary/aromatic N) is 1. The third kappa shape index (κ3) is 5.54. The van der Waals surface area contributed by atoms with Crippen LogP contribution in [0.1, 0.15) is 28.8 Å². The maximum Gasteiger partial charge on any atom is 0.240 e. The van der Waals surface area contributed by atoms with E-state index in [0.29, 0.717) is 23.7 Å². The Kier molecular flexibility index (Phi) is 6.71. The summed E-state index contributed by atoms with van der Waals surface area (Å²) >= 11 is 1.42. The first-order chi connectivity index (χ1) is 11.1. The first kappa shape index (κ1) is 18.8. The van der Waals surface area contributed by atoms with Crippen LogP contribution in [0.5, 0.6) is 0 Å². The minimum Gasteiger partial charge on any atom is -0.308 e. The number of aryl methyl sites for hydroxylation is 1. The van der Waals surface area contributed by atoms with Gasteiger partial charge in [0.25, 0.3) is 0 Å². The summed E-state index contributed by atoms with van der Waals surface area (Å²) in [5.74, 6) is 0.486. The van der Waals surface area contributed by atoms with Gasteiger partial charge < -0.3 is 10.6 Å². The zero-order valence-electron chi connectivity index (χ0n) is 13.5. The number of hydrogen-bond acceptors (Lipinski definition) is 4. The summed E-state index contributed by atoms with van der Waals surface area (Å²) in [5.41, 5.74) is 1.55.